The molecule has 8 heteroatoms. The molecule has 2 rings (SSSR count). The van der Waals surface area contributed by atoms with E-state index < -0.39 is 4.92 Å². The van der Waals surface area contributed by atoms with Crippen LogP contribution in [0.3, 0.4) is 0 Å². The summed E-state index contributed by atoms with van der Waals surface area (Å²) < 4.78 is 5.10. The second kappa shape index (κ2) is 5.58. The van der Waals surface area contributed by atoms with Crippen LogP contribution in [-0.4, -0.2) is 15.1 Å². The first-order chi connectivity index (χ1) is 9.93. The highest BCUT2D eigenvalue weighted by Crippen LogP contribution is 2.26. The van der Waals surface area contributed by atoms with Crippen LogP contribution < -0.4 is 5.32 Å². The third kappa shape index (κ3) is 2.81. The SMILES string of the molecule is Cc1noc(C)c1C(C)Nc1ncc([N+](=O)[O-])cc1C#N. The van der Waals surface area contributed by atoms with E-state index in [1.165, 1.54) is 6.07 Å². The van der Waals surface area contributed by atoms with Gasteiger partial charge in [0.25, 0.3) is 5.69 Å². The lowest BCUT2D eigenvalue weighted by Gasteiger charge is -2.15. The summed E-state index contributed by atoms with van der Waals surface area (Å²) in [7, 11) is 0. The quantitative estimate of drug-likeness (QED) is 0.678. The summed E-state index contributed by atoms with van der Waals surface area (Å²) in [4.78, 5) is 14.1. The molecular weight excluding hydrogens is 274 g/mol. The van der Waals surface area contributed by atoms with Crippen LogP contribution in [0, 0.1) is 35.3 Å². The molecule has 0 spiro atoms. The molecule has 0 saturated heterocycles. The Morgan fingerprint density at radius 1 is 1.52 bits per heavy atom. The van der Waals surface area contributed by atoms with Crippen molar-refractivity contribution in [3.05, 3.63) is 45.0 Å². The molecule has 2 aromatic rings. The van der Waals surface area contributed by atoms with Crippen molar-refractivity contribution in [2.24, 2.45) is 0 Å². The molecule has 2 heterocycles. The number of rotatable bonds is 4. The van der Waals surface area contributed by atoms with Crippen LogP contribution in [-0.2, 0) is 0 Å². The molecule has 2 aromatic heterocycles. The van der Waals surface area contributed by atoms with Gasteiger partial charge in [-0.25, -0.2) is 4.98 Å². The normalized spacial score (nSPS) is 11.7. The summed E-state index contributed by atoms with van der Waals surface area (Å²) in [6.45, 7) is 5.48. The number of hydrogen-bond donors (Lipinski definition) is 1. The summed E-state index contributed by atoms with van der Waals surface area (Å²) in [5.74, 6) is 0.962. The standard InChI is InChI=1S/C13H13N5O3/c1-7(12-8(2)17-21-9(12)3)16-13-10(5-14)4-11(6-15-13)18(19)20/h4,6-7H,1-3H3,(H,15,16). The Balaban J connectivity index is 2.32. The third-order valence-corrected chi connectivity index (χ3v) is 3.08. The van der Waals surface area contributed by atoms with E-state index in [0.29, 0.717) is 5.76 Å². The maximum atomic E-state index is 10.7. The van der Waals surface area contributed by atoms with Gasteiger partial charge in [0.15, 0.2) is 0 Å². The first-order valence-electron chi connectivity index (χ1n) is 6.18. The van der Waals surface area contributed by atoms with Crippen LogP contribution in [0.1, 0.15) is 35.5 Å². The van der Waals surface area contributed by atoms with Gasteiger partial charge in [0.2, 0.25) is 0 Å². The van der Waals surface area contributed by atoms with Crippen molar-refractivity contribution in [1.82, 2.24) is 10.1 Å². The van der Waals surface area contributed by atoms with E-state index in [4.69, 9.17) is 9.78 Å². The minimum Gasteiger partial charge on any atom is -0.362 e. The number of hydrogen-bond acceptors (Lipinski definition) is 7. The molecule has 0 aromatic carbocycles. The van der Waals surface area contributed by atoms with Gasteiger partial charge in [-0.15, -0.1) is 0 Å². The minimum atomic E-state index is -0.588. The summed E-state index contributed by atoms with van der Waals surface area (Å²) in [6, 6.07) is 2.90. The predicted octanol–water partition coefficient (Wildman–Crippen LogP) is 2.64. The molecule has 0 aliphatic carbocycles. The Morgan fingerprint density at radius 2 is 2.24 bits per heavy atom. The molecular formula is C13H13N5O3. The van der Waals surface area contributed by atoms with Crippen molar-refractivity contribution in [1.29, 1.82) is 5.26 Å². The molecule has 0 fully saturated rings. The number of nitrogens with one attached hydrogen (secondary N) is 1. The summed E-state index contributed by atoms with van der Waals surface area (Å²) in [5, 5.41) is 26.7. The Labute approximate surface area is 120 Å². The molecule has 1 atom stereocenters. The van der Waals surface area contributed by atoms with Crippen LogP contribution in [0.5, 0.6) is 0 Å². The molecule has 0 aliphatic heterocycles. The summed E-state index contributed by atoms with van der Waals surface area (Å²) >= 11 is 0. The molecule has 108 valence electrons. The van der Waals surface area contributed by atoms with Crippen LogP contribution in [0.2, 0.25) is 0 Å². The van der Waals surface area contributed by atoms with Crippen molar-refractivity contribution in [2.75, 3.05) is 5.32 Å². The van der Waals surface area contributed by atoms with E-state index in [1.807, 2.05) is 19.9 Å². The molecule has 1 N–H and O–H groups in total. The maximum Gasteiger partial charge on any atom is 0.289 e. The zero-order valence-electron chi connectivity index (χ0n) is 11.7. The van der Waals surface area contributed by atoms with E-state index in [0.717, 1.165) is 17.5 Å². The van der Waals surface area contributed by atoms with Gasteiger partial charge < -0.3 is 9.84 Å². The van der Waals surface area contributed by atoms with Crippen molar-refractivity contribution < 1.29 is 9.45 Å². The number of pyridine rings is 1. The lowest BCUT2D eigenvalue weighted by Crippen LogP contribution is -2.11. The highest BCUT2D eigenvalue weighted by atomic mass is 16.6. The van der Waals surface area contributed by atoms with E-state index in [9.17, 15) is 10.1 Å². The Kier molecular flexibility index (Phi) is 3.84. The first-order valence-corrected chi connectivity index (χ1v) is 6.18. The third-order valence-electron chi connectivity index (χ3n) is 3.08. The molecule has 1 unspecified atom stereocenters. The molecule has 0 aliphatic rings. The van der Waals surface area contributed by atoms with Gasteiger partial charge in [-0.1, -0.05) is 5.16 Å². The van der Waals surface area contributed by atoms with Crippen LogP contribution >= 0.6 is 0 Å². The lowest BCUT2D eigenvalue weighted by molar-refractivity contribution is -0.385. The van der Waals surface area contributed by atoms with Gasteiger partial charge in [-0.2, -0.15) is 5.26 Å². The maximum absolute atomic E-state index is 10.7. The Morgan fingerprint density at radius 3 is 2.76 bits per heavy atom. The number of nitro groups is 1. The average Bonchev–Trinajstić information content (AvgIpc) is 2.78. The van der Waals surface area contributed by atoms with Gasteiger partial charge >= 0.3 is 0 Å². The fourth-order valence-corrected chi connectivity index (χ4v) is 2.14. The number of aryl methyl sites for hydroxylation is 2. The monoisotopic (exact) mass is 287 g/mol. The van der Waals surface area contributed by atoms with Crippen LogP contribution in [0.25, 0.3) is 0 Å². The lowest BCUT2D eigenvalue weighted by atomic mass is 10.1. The van der Waals surface area contributed by atoms with Crippen molar-refractivity contribution >= 4 is 11.5 Å². The first kappa shape index (κ1) is 14.5. The highest BCUT2D eigenvalue weighted by molar-refractivity contribution is 5.56. The number of anilines is 1. The van der Waals surface area contributed by atoms with Crippen molar-refractivity contribution in [3.63, 3.8) is 0 Å². The van der Waals surface area contributed by atoms with Crippen LogP contribution in [0.4, 0.5) is 11.5 Å². The van der Waals surface area contributed by atoms with E-state index in [-0.39, 0.29) is 23.1 Å². The second-order valence-electron chi connectivity index (χ2n) is 4.56. The van der Waals surface area contributed by atoms with E-state index >= 15 is 0 Å². The smallest absolute Gasteiger partial charge is 0.289 e. The number of nitrogens with zero attached hydrogens (tertiary/aromatic N) is 4. The number of aromatic nitrogens is 2. The van der Waals surface area contributed by atoms with Gasteiger partial charge in [0, 0.05) is 11.6 Å². The fourth-order valence-electron chi connectivity index (χ4n) is 2.14. The molecule has 0 saturated carbocycles. The van der Waals surface area contributed by atoms with Gasteiger partial charge in [0.1, 0.15) is 29.4 Å². The summed E-state index contributed by atoms with van der Waals surface area (Å²) in [5.41, 5.74) is 1.51. The molecule has 0 bridgehead atoms. The van der Waals surface area contributed by atoms with Gasteiger partial charge in [-0.3, -0.25) is 10.1 Å². The predicted molar refractivity (Wildman–Crippen MR) is 73.6 cm³/mol. The Hall–Kier alpha value is -2.95. The highest BCUT2D eigenvalue weighted by Gasteiger charge is 2.19. The van der Waals surface area contributed by atoms with Crippen molar-refractivity contribution in [3.8, 4) is 6.07 Å². The molecule has 21 heavy (non-hydrogen) atoms. The van der Waals surface area contributed by atoms with Gasteiger partial charge in [-0.05, 0) is 20.8 Å². The molecule has 0 radical (unpaired) electrons. The zero-order valence-corrected chi connectivity index (χ0v) is 11.7. The topological polar surface area (TPSA) is 118 Å². The average molecular weight is 287 g/mol. The van der Waals surface area contributed by atoms with E-state index in [1.54, 1.807) is 6.92 Å². The van der Waals surface area contributed by atoms with E-state index in [2.05, 4.69) is 15.5 Å². The van der Waals surface area contributed by atoms with Gasteiger partial charge in [0.05, 0.1) is 16.7 Å². The summed E-state index contributed by atoms with van der Waals surface area (Å²) in [6.07, 6.45) is 1.11. The molecule has 8 nitrogen and oxygen atoms in total. The second-order valence-corrected chi connectivity index (χ2v) is 4.56. The largest absolute Gasteiger partial charge is 0.362 e. The minimum absolute atomic E-state index is 0.114. The van der Waals surface area contributed by atoms with Crippen LogP contribution in [0.15, 0.2) is 16.8 Å². The zero-order chi connectivity index (χ0) is 15.6. The Bertz CT molecular complexity index is 712. The fraction of sp³-hybridized carbons (Fsp3) is 0.308. The van der Waals surface area contributed by atoms with Crippen molar-refractivity contribution in [2.45, 2.75) is 26.8 Å². The number of nitriles is 1. The molecule has 0 amide bonds.